The third-order valence-electron chi connectivity index (χ3n) is 9.54. The highest BCUT2D eigenvalue weighted by atomic mass is 35.5. The first-order valence-corrected chi connectivity index (χ1v) is 16.6. The molecule has 6 rings (SSSR count). The number of benzene rings is 2. The summed E-state index contributed by atoms with van der Waals surface area (Å²) in [4.78, 5) is 49.0. The van der Waals surface area contributed by atoms with Gasteiger partial charge in [0.25, 0.3) is 5.91 Å². The maximum absolute atomic E-state index is 14.8. The van der Waals surface area contributed by atoms with Gasteiger partial charge >= 0.3 is 0 Å². The van der Waals surface area contributed by atoms with Crippen molar-refractivity contribution in [1.82, 2.24) is 4.90 Å². The molecule has 0 aromatic heterocycles. The average molecular weight is 636 g/mol. The van der Waals surface area contributed by atoms with E-state index in [2.05, 4.69) is 0 Å². The summed E-state index contributed by atoms with van der Waals surface area (Å²) in [7, 11) is 0. The molecule has 2 saturated heterocycles. The van der Waals surface area contributed by atoms with Gasteiger partial charge in [0.05, 0.1) is 46.5 Å². The Labute approximate surface area is 267 Å². The van der Waals surface area contributed by atoms with Crippen LogP contribution in [0.1, 0.15) is 27.2 Å². The number of nitrogens with zero attached hydrogens (tertiary/aromatic N) is 3. The summed E-state index contributed by atoms with van der Waals surface area (Å²) in [5, 5.41) is 10.8. The van der Waals surface area contributed by atoms with Crippen LogP contribution in [0.4, 0.5) is 11.4 Å². The first-order chi connectivity index (χ1) is 21.3. The Kier molecular flexibility index (Phi) is 8.56. The maximum Gasteiger partial charge on any atom is 0.251 e. The van der Waals surface area contributed by atoms with E-state index in [0.717, 1.165) is 11.4 Å². The van der Waals surface area contributed by atoms with Gasteiger partial charge < -0.3 is 24.5 Å². The minimum absolute atomic E-state index is 0.0699. The molecule has 2 aromatic rings. The number of amides is 3. The Hall–Kier alpha value is -3.27. The number of aliphatic hydroxyl groups is 1. The number of fused-ring (bicyclic) bond motifs is 2. The number of anilines is 2. The summed E-state index contributed by atoms with van der Waals surface area (Å²) in [6.07, 6.45) is 8.64. The van der Waals surface area contributed by atoms with Crippen LogP contribution in [0.2, 0.25) is 5.02 Å². The van der Waals surface area contributed by atoms with Gasteiger partial charge in [-0.3, -0.25) is 14.4 Å². The van der Waals surface area contributed by atoms with Gasteiger partial charge in [-0.2, -0.15) is 0 Å². The lowest BCUT2D eigenvalue weighted by molar-refractivity contribution is -0.142. The van der Waals surface area contributed by atoms with E-state index in [0.29, 0.717) is 30.3 Å². The summed E-state index contributed by atoms with van der Waals surface area (Å²) in [5.74, 6) is -1.49. The minimum Gasteiger partial charge on any atom is -0.494 e. The lowest BCUT2D eigenvalue weighted by Gasteiger charge is -2.40. The van der Waals surface area contributed by atoms with Crippen LogP contribution in [0.5, 0.6) is 5.75 Å². The van der Waals surface area contributed by atoms with E-state index in [4.69, 9.17) is 16.3 Å². The van der Waals surface area contributed by atoms with Gasteiger partial charge in [-0.05, 0) is 49.2 Å². The van der Waals surface area contributed by atoms with Gasteiger partial charge in [0.15, 0.2) is 0 Å². The zero-order valence-corrected chi connectivity index (χ0v) is 26.7. The number of hydrogen-bond acceptors (Lipinski definition) is 6. The van der Waals surface area contributed by atoms with Crippen molar-refractivity contribution in [3.05, 3.63) is 77.9 Å². The van der Waals surface area contributed by atoms with E-state index in [1.165, 1.54) is 11.8 Å². The van der Waals surface area contributed by atoms with E-state index in [1.807, 2.05) is 81.5 Å². The normalized spacial score (nSPS) is 29.2. The molecular weight excluding hydrogens is 598 g/mol. The Morgan fingerprint density at radius 2 is 1.73 bits per heavy atom. The third-order valence-corrected chi connectivity index (χ3v) is 11.6. The summed E-state index contributed by atoms with van der Waals surface area (Å²) < 4.78 is 4.60. The molecule has 0 aliphatic carbocycles. The fraction of sp³-hybridized carbons (Fsp3) is 0.441. The average Bonchev–Trinajstić information content (AvgIpc) is 3.34. The van der Waals surface area contributed by atoms with E-state index >= 15 is 0 Å². The van der Waals surface area contributed by atoms with Crippen molar-refractivity contribution < 1.29 is 24.2 Å². The molecule has 0 radical (unpaired) electrons. The molecule has 10 heteroatoms. The van der Waals surface area contributed by atoms with Crippen LogP contribution in [-0.4, -0.2) is 76.1 Å². The SMILES string of the molecule is CCOc1ccc(N2CC=C[C@H]3S[C@]45C=CCN(c6ccccc6Cl)C(=O)C4N([C@@H](CO)[C@@H](C)CC)C(=O)[C@@H]5[C@H]3C2=O)cc1. The van der Waals surface area contributed by atoms with Crippen molar-refractivity contribution in [3.63, 3.8) is 0 Å². The number of hydrogen-bond donors (Lipinski definition) is 1. The number of rotatable bonds is 8. The van der Waals surface area contributed by atoms with E-state index < -0.39 is 28.7 Å². The maximum atomic E-state index is 14.8. The number of ether oxygens (including phenoxy) is 1. The van der Waals surface area contributed by atoms with Gasteiger partial charge in [-0.1, -0.05) is 68.3 Å². The standard InChI is InChI=1S/C34H38ClN3O5S/c1-4-21(3)26(20-39)38-30-33(42)37(25-11-7-6-10-24(25)35)19-9-17-34(30)29(32(38)41)28-27(44-34)12-8-18-36(31(28)40)22-13-15-23(16-14-22)43-5-2/h6-17,21,26-30,39H,4-5,18-20H2,1-3H3/t21-,26-,27+,28-,29-,30?,34-/m0/s1. The van der Waals surface area contributed by atoms with E-state index in [1.54, 1.807) is 26.8 Å². The number of carbonyl (C=O) groups is 3. The molecule has 4 heterocycles. The zero-order valence-electron chi connectivity index (χ0n) is 25.1. The summed E-state index contributed by atoms with van der Waals surface area (Å²) in [6.45, 7) is 6.83. The molecule has 1 N–H and O–H groups in total. The lowest BCUT2D eigenvalue weighted by Crippen LogP contribution is -2.58. The molecule has 3 amide bonds. The Balaban J connectivity index is 1.45. The second kappa shape index (κ2) is 12.3. The first kappa shape index (κ1) is 30.7. The van der Waals surface area contributed by atoms with Crippen LogP contribution in [0.3, 0.4) is 0 Å². The monoisotopic (exact) mass is 635 g/mol. The van der Waals surface area contributed by atoms with Gasteiger partial charge in [-0.15, -0.1) is 11.8 Å². The van der Waals surface area contributed by atoms with E-state index in [-0.39, 0.29) is 42.0 Å². The number of carbonyl (C=O) groups excluding carboxylic acids is 3. The van der Waals surface area contributed by atoms with Crippen LogP contribution >= 0.6 is 23.4 Å². The summed E-state index contributed by atoms with van der Waals surface area (Å²) >= 11 is 8.11. The predicted molar refractivity (Wildman–Crippen MR) is 174 cm³/mol. The van der Waals surface area contributed by atoms with E-state index in [9.17, 15) is 19.5 Å². The van der Waals surface area contributed by atoms with Crippen LogP contribution in [0.15, 0.2) is 72.8 Å². The molecule has 2 aromatic carbocycles. The van der Waals surface area contributed by atoms with Crippen LogP contribution in [0.25, 0.3) is 0 Å². The number of para-hydroxylation sites is 1. The predicted octanol–water partition coefficient (Wildman–Crippen LogP) is 4.95. The van der Waals surface area contributed by atoms with Gasteiger partial charge in [0.1, 0.15) is 11.8 Å². The molecular formula is C34H38ClN3O5S. The second-order valence-electron chi connectivity index (χ2n) is 11.8. The molecule has 8 nitrogen and oxygen atoms in total. The quantitative estimate of drug-likeness (QED) is 0.413. The lowest BCUT2D eigenvalue weighted by atomic mass is 9.78. The highest BCUT2D eigenvalue weighted by molar-refractivity contribution is 8.02. The van der Waals surface area contributed by atoms with Crippen molar-refractivity contribution in [2.45, 2.75) is 49.3 Å². The van der Waals surface area contributed by atoms with Crippen molar-refractivity contribution in [2.24, 2.45) is 17.8 Å². The minimum atomic E-state index is -0.998. The highest BCUT2D eigenvalue weighted by Crippen LogP contribution is 2.62. The molecule has 232 valence electrons. The molecule has 4 aliphatic heterocycles. The highest BCUT2D eigenvalue weighted by Gasteiger charge is 2.72. The smallest absolute Gasteiger partial charge is 0.251 e. The molecule has 4 aliphatic rings. The van der Waals surface area contributed by atoms with Gasteiger partial charge in [-0.25, -0.2) is 0 Å². The molecule has 2 fully saturated rings. The first-order valence-electron chi connectivity index (χ1n) is 15.3. The van der Waals surface area contributed by atoms with Crippen molar-refractivity contribution in [3.8, 4) is 5.75 Å². The number of halogens is 1. The number of thioether (sulfide) groups is 1. The Morgan fingerprint density at radius 3 is 2.41 bits per heavy atom. The zero-order chi connectivity index (χ0) is 31.2. The van der Waals surface area contributed by atoms with Crippen molar-refractivity contribution >= 4 is 52.5 Å². The second-order valence-corrected chi connectivity index (χ2v) is 13.7. The van der Waals surface area contributed by atoms with Crippen LogP contribution in [0, 0.1) is 17.8 Å². The third kappa shape index (κ3) is 4.84. The fourth-order valence-corrected chi connectivity index (χ4v) is 9.49. The van der Waals surface area contributed by atoms with Crippen molar-refractivity contribution in [2.75, 3.05) is 36.1 Å². The molecule has 44 heavy (non-hydrogen) atoms. The fourth-order valence-electron chi connectivity index (χ4n) is 7.26. The van der Waals surface area contributed by atoms with Crippen molar-refractivity contribution in [1.29, 1.82) is 0 Å². The molecule has 0 bridgehead atoms. The van der Waals surface area contributed by atoms with Gasteiger partial charge in [0, 0.05) is 24.0 Å². The Morgan fingerprint density at radius 1 is 1.00 bits per heavy atom. The number of likely N-dealkylation sites (tertiary alicyclic amines) is 1. The Bertz CT molecular complexity index is 1500. The summed E-state index contributed by atoms with van der Waals surface area (Å²) in [5.41, 5.74) is 1.29. The largest absolute Gasteiger partial charge is 0.494 e. The topological polar surface area (TPSA) is 90.4 Å². The molecule has 1 spiro atoms. The van der Waals surface area contributed by atoms with Gasteiger partial charge in [0.2, 0.25) is 11.8 Å². The molecule has 7 atom stereocenters. The van der Waals surface area contributed by atoms with Crippen LogP contribution in [-0.2, 0) is 14.4 Å². The van der Waals surface area contributed by atoms with Crippen LogP contribution < -0.4 is 14.5 Å². The molecule has 0 saturated carbocycles. The summed E-state index contributed by atoms with van der Waals surface area (Å²) in [6, 6.07) is 13.1. The number of aliphatic hydroxyl groups excluding tert-OH is 1. The molecule has 1 unspecified atom stereocenters.